The highest BCUT2D eigenvalue weighted by atomic mass is 14.9. The molecule has 0 heterocycles. The van der Waals surface area contributed by atoms with Gasteiger partial charge in [0.1, 0.15) is 0 Å². The summed E-state index contributed by atoms with van der Waals surface area (Å²) in [4.78, 5) is 0. The predicted octanol–water partition coefficient (Wildman–Crippen LogP) is 2.67. The molecule has 0 fully saturated rings. The summed E-state index contributed by atoms with van der Waals surface area (Å²) in [6, 6.07) is 8.81. The van der Waals surface area contributed by atoms with Crippen LogP contribution < -0.4 is 5.32 Å². The molecular weight excluding hydrogens is 170 g/mol. The average Bonchev–Trinajstić information content (AvgIpc) is 2.18. The molecule has 0 bridgehead atoms. The van der Waals surface area contributed by atoms with Crippen molar-refractivity contribution in [2.45, 2.75) is 26.8 Å². The van der Waals surface area contributed by atoms with Crippen molar-refractivity contribution in [2.75, 3.05) is 6.54 Å². The molecule has 0 saturated carbocycles. The third-order valence-corrected chi connectivity index (χ3v) is 2.33. The first-order valence-electron chi connectivity index (χ1n) is 4.94. The normalized spacial score (nSPS) is 11.6. The summed E-state index contributed by atoms with van der Waals surface area (Å²) >= 11 is 0. The smallest absolute Gasteiger partial charge is 0.0581 e. The Morgan fingerprint density at radius 2 is 2.07 bits per heavy atom. The van der Waals surface area contributed by atoms with Gasteiger partial charge in [-0.05, 0) is 31.9 Å². The second-order valence-corrected chi connectivity index (χ2v) is 3.39. The molecule has 0 unspecified atom stereocenters. The molecule has 0 aliphatic rings. The van der Waals surface area contributed by atoms with Gasteiger partial charge >= 0.3 is 0 Å². The van der Waals surface area contributed by atoms with Gasteiger partial charge in [-0.1, -0.05) is 30.2 Å². The van der Waals surface area contributed by atoms with E-state index < -0.39 is 0 Å². The van der Waals surface area contributed by atoms with E-state index in [1.54, 1.807) is 0 Å². The lowest BCUT2D eigenvalue weighted by atomic mass is 10.0. The Bertz CT molecular complexity index is 344. The molecule has 1 atom stereocenters. The third-order valence-electron chi connectivity index (χ3n) is 2.33. The molecule has 0 aromatic heterocycles. The molecule has 1 N–H and O–H groups in total. The Kier molecular flexibility index (Phi) is 4.22. The van der Waals surface area contributed by atoms with E-state index in [0.29, 0.717) is 6.04 Å². The lowest BCUT2D eigenvalue weighted by Crippen LogP contribution is -2.19. The zero-order chi connectivity index (χ0) is 10.4. The Labute approximate surface area is 86.5 Å². The summed E-state index contributed by atoms with van der Waals surface area (Å²) in [5.41, 5.74) is 2.68. The molecule has 0 aliphatic carbocycles. The van der Waals surface area contributed by atoms with Crippen LogP contribution in [0.1, 0.15) is 31.0 Å². The van der Waals surface area contributed by atoms with Gasteiger partial charge in [-0.25, -0.2) is 0 Å². The first-order valence-corrected chi connectivity index (χ1v) is 4.94. The van der Waals surface area contributed by atoms with Gasteiger partial charge in [0.25, 0.3) is 0 Å². The largest absolute Gasteiger partial charge is 0.300 e. The van der Waals surface area contributed by atoms with Crippen molar-refractivity contribution in [3.8, 4) is 11.8 Å². The molecule has 0 aliphatic heterocycles. The number of rotatable bonds is 3. The van der Waals surface area contributed by atoms with Crippen molar-refractivity contribution in [2.24, 2.45) is 0 Å². The van der Waals surface area contributed by atoms with Crippen LogP contribution in [-0.2, 0) is 0 Å². The first kappa shape index (κ1) is 10.8. The molecule has 0 saturated heterocycles. The second-order valence-electron chi connectivity index (χ2n) is 3.39. The summed E-state index contributed by atoms with van der Waals surface area (Å²) in [5.74, 6) is 5.88. The zero-order valence-corrected chi connectivity index (χ0v) is 9.09. The number of nitrogens with one attached hydrogen (secondary N) is 1. The van der Waals surface area contributed by atoms with E-state index in [1.807, 2.05) is 6.92 Å². The Balaban J connectivity index is 2.63. The summed E-state index contributed by atoms with van der Waals surface area (Å²) in [6.07, 6.45) is 0. The fourth-order valence-corrected chi connectivity index (χ4v) is 1.48. The average molecular weight is 187 g/mol. The van der Waals surface area contributed by atoms with Crippen molar-refractivity contribution in [3.63, 3.8) is 0 Å². The lowest BCUT2D eigenvalue weighted by molar-refractivity contribution is 0.620. The first-order chi connectivity index (χ1) is 6.75. The van der Waals surface area contributed by atoms with Crippen LogP contribution in [0.4, 0.5) is 0 Å². The van der Waals surface area contributed by atoms with Gasteiger partial charge in [0.2, 0.25) is 0 Å². The minimum absolute atomic E-state index is 0.372. The van der Waals surface area contributed by atoms with Gasteiger partial charge in [0.15, 0.2) is 0 Å². The van der Waals surface area contributed by atoms with Crippen LogP contribution in [-0.4, -0.2) is 6.54 Å². The quantitative estimate of drug-likeness (QED) is 0.717. The Morgan fingerprint density at radius 3 is 2.71 bits per heavy atom. The zero-order valence-electron chi connectivity index (χ0n) is 9.09. The van der Waals surface area contributed by atoms with Gasteiger partial charge in [-0.2, -0.15) is 0 Å². The topological polar surface area (TPSA) is 12.0 Å². The Hall–Kier alpha value is -1.26. The Morgan fingerprint density at radius 1 is 1.36 bits per heavy atom. The number of benzene rings is 1. The van der Waals surface area contributed by atoms with Gasteiger partial charge in [-0.3, -0.25) is 5.32 Å². The van der Waals surface area contributed by atoms with Crippen LogP contribution >= 0.6 is 0 Å². The molecule has 74 valence electrons. The fourth-order valence-electron chi connectivity index (χ4n) is 1.48. The second kappa shape index (κ2) is 5.47. The highest BCUT2D eigenvalue weighted by Gasteiger charge is 2.05. The SMILES string of the molecule is CC#CCN[C@@H](C)c1ccccc1C. The standard InChI is InChI=1S/C13H17N/c1-4-5-10-14-12(3)13-9-7-6-8-11(13)2/h6-9,12,14H,10H2,1-3H3/t12-/m0/s1. The van der Waals surface area contributed by atoms with Gasteiger partial charge in [0.05, 0.1) is 6.54 Å². The number of hydrogen-bond donors (Lipinski definition) is 1. The maximum Gasteiger partial charge on any atom is 0.0581 e. The van der Waals surface area contributed by atoms with Crippen LogP contribution in [0.15, 0.2) is 24.3 Å². The molecule has 1 aromatic carbocycles. The van der Waals surface area contributed by atoms with Gasteiger partial charge < -0.3 is 0 Å². The molecule has 1 aromatic rings. The molecule has 0 radical (unpaired) electrons. The molecule has 14 heavy (non-hydrogen) atoms. The number of hydrogen-bond acceptors (Lipinski definition) is 1. The summed E-state index contributed by atoms with van der Waals surface area (Å²) < 4.78 is 0. The maximum atomic E-state index is 3.37. The summed E-state index contributed by atoms with van der Waals surface area (Å²) in [5, 5.41) is 3.37. The number of aryl methyl sites for hydroxylation is 1. The van der Waals surface area contributed by atoms with Crippen LogP contribution in [0.25, 0.3) is 0 Å². The summed E-state index contributed by atoms with van der Waals surface area (Å²) in [6.45, 7) is 6.92. The van der Waals surface area contributed by atoms with Gasteiger partial charge in [0, 0.05) is 6.04 Å². The fraction of sp³-hybridized carbons (Fsp3) is 0.385. The van der Waals surface area contributed by atoms with Crippen LogP contribution in [0.2, 0.25) is 0 Å². The predicted molar refractivity (Wildman–Crippen MR) is 61.0 cm³/mol. The van der Waals surface area contributed by atoms with E-state index in [0.717, 1.165) is 6.54 Å². The van der Waals surface area contributed by atoms with Gasteiger partial charge in [-0.15, -0.1) is 5.92 Å². The van der Waals surface area contributed by atoms with Crippen LogP contribution in [0.5, 0.6) is 0 Å². The van der Waals surface area contributed by atoms with E-state index in [1.165, 1.54) is 11.1 Å². The molecule has 0 spiro atoms. The maximum absolute atomic E-state index is 3.37. The summed E-state index contributed by atoms with van der Waals surface area (Å²) in [7, 11) is 0. The molecule has 1 rings (SSSR count). The van der Waals surface area contributed by atoms with Crippen molar-refractivity contribution in [1.29, 1.82) is 0 Å². The molecular formula is C13H17N. The van der Waals surface area contributed by atoms with Crippen molar-refractivity contribution < 1.29 is 0 Å². The third kappa shape index (κ3) is 2.90. The van der Waals surface area contributed by atoms with E-state index in [9.17, 15) is 0 Å². The van der Waals surface area contributed by atoms with Crippen molar-refractivity contribution in [1.82, 2.24) is 5.32 Å². The van der Waals surface area contributed by atoms with E-state index in [2.05, 4.69) is 55.3 Å². The van der Waals surface area contributed by atoms with E-state index >= 15 is 0 Å². The molecule has 1 nitrogen and oxygen atoms in total. The van der Waals surface area contributed by atoms with Crippen LogP contribution in [0, 0.1) is 18.8 Å². The van der Waals surface area contributed by atoms with Crippen LogP contribution in [0.3, 0.4) is 0 Å². The van der Waals surface area contributed by atoms with E-state index in [-0.39, 0.29) is 0 Å². The highest BCUT2D eigenvalue weighted by Crippen LogP contribution is 2.15. The van der Waals surface area contributed by atoms with E-state index in [4.69, 9.17) is 0 Å². The van der Waals surface area contributed by atoms with Crippen molar-refractivity contribution >= 4 is 0 Å². The molecule has 1 heteroatoms. The minimum Gasteiger partial charge on any atom is -0.300 e. The minimum atomic E-state index is 0.372. The highest BCUT2D eigenvalue weighted by molar-refractivity contribution is 5.28. The lowest BCUT2D eigenvalue weighted by Gasteiger charge is -2.14. The molecule has 0 amide bonds. The van der Waals surface area contributed by atoms with Crippen molar-refractivity contribution in [3.05, 3.63) is 35.4 Å². The monoisotopic (exact) mass is 187 g/mol.